The number of benzene rings is 2. The van der Waals surface area contributed by atoms with Crippen molar-refractivity contribution in [3.05, 3.63) is 76.6 Å². The van der Waals surface area contributed by atoms with Gasteiger partial charge in [0.05, 0.1) is 5.56 Å². The van der Waals surface area contributed by atoms with Gasteiger partial charge in [-0.25, -0.2) is 0 Å². The van der Waals surface area contributed by atoms with Crippen molar-refractivity contribution in [2.45, 2.75) is 26.6 Å². The summed E-state index contributed by atoms with van der Waals surface area (Å²) in [6.07, 6.45) is -3.14. The lowest BCUT2D eigenvalue weighted by atomic mass is 10.0. The molecule has 2 amide bonds. The molecule has 37 heavy (non-hydrogen) atoms. The summed E-state index contributed by atoms with van der Waals surface area (Å²) < 4.78 is 41.8. The molecular formula is C26H29F3N6O2. The number of aromatic amines is 1. The second-order valence-corrected chi connectivity index (χ2v) is 8.99. The fourth-order valence-electron chi connectivity index (χ4n) is 4.23. The van der Waals surface area contributed by atoms with Crippen molar-refractivity contribution in [2.24, 2.45) is 0 Å². The lowest BCUT2D eigenvalue weighted by molar-refractivity contribution is -0.138. The third kappa shape index (κ3) is 6.55. The first-order chi connectivity index (χ1) is 17.6. The lowest BCUT2D eigenvalue weighted by Crippen LogP contribution is -2.45. The molecule has 0 aliphatic carbocycles. The summed E-state index contributed by atoms with van der Waals surface area (Å²) in [6, 6.07) is 10.1. The van der Waals surface area contributed by atoms with Gasteiger partial charge in [0.1, 0.15) is 5.69 Å². The van der Waals surface area contributed by atoms with Crippen molar-refractivity contribution >= 4 is 23.2 Å². The van der Waals surface area contributed by atoms with Crippen LogP contribution in [0.15, 0.2) is 48.7 Å². The fraction of sp³-hybridized carbons (Fsp3) is 0.346. The lowest BCUT2D eigenvalue weighted by Gasteiger charge is -2.34. The van der Waals surface area contributed by atoms with E-state index in [9.17, 15) is 22.8 Å². The summed E-state index contributed by atoms with van der Waals surface area (Å²) in [5.41, 5.74) is 1.03. The van der Waals surface area contributed by atoms with Gasteiger partial charge in [0.15, 0.2) is 0 Å². The SMILES string of the molecule is CCN1CCN(Cc2ccc(C(=O)Nc3ccc(C)c(NC(=O)c4ccn[nH]4)c3)cc2C(F)(F)F)CC1. The Bertz CT molecular complexity index is 1250. The number of amides is 2. The van der Waals surface area contributed by atoms with E-state index in [0.29, 0.717) is 24.5 Å². The van der Waals surface area contributed by atoms with Crippen LogP contribution in [0.1, 0.15) is 44.5 Å². The number of halogens is 3. The van der Waals surface area contributed by atoms with Crippen LogP contribution in [0.4, 0.5) is 24.5 Å². The molecule has 3 N–H and O–H groups in total. The molecule has 1 fully saturated rings. The van der Waals surface area contributed by atoms with Gasteiger partial charge < -0.3 is 15.5 Å². The first-order valence-corrected chi connectivity index (χ1v) is 12.0. The van der Waals surface area contributed by atoms with E-state index in [1.807, 2.05) is 4.90 Å². The molecule has 0 bridgehead atoms. The smallest absolute Gasteiger partial charge is 0.322 e. The quantitative estimate of drug-likeness (QED) is 0.435. The minimum Gasteiger partial charge on any atom is -0.322 e. The van der Waals surface area contributed by atoms with Gasteiger partial charge in [-0.2, -0.15) is 18.3 Å². The van der Waals surface area contributed by atoms with Crippen LogP contribution in [0.3, 0.4) is 0 Å². The van der Waals surface area contributed by atoms with Crippen LogP contribution in [-0.4, -0.2) is 64.5 Å². The number of carbonyl (C=O) groups excluding carboxylic acids is 2. The minimum absolute atomic E-state index is 0.101. The van der Waals surface area contributed by atoms with Gasteiger partial charge >= 0.3 is 6.18 Å². The third-order valence-corrected chi connectivity index (χ3v) is 6.47. The number of H-pyrrole nitrogens is 1. The van der Waals surface area contributed by atoms with E-state index in [2.05, 4.69) is 32.7 Å². The average Bonchev–Trinajstić information content (AvgIpc) is 3.41. The van der Waals surface area contributed by atoms with Crippen molar-refractivity contribution < 1.29 is 22.8 Å². The predicted molar refractivity (Wildman–Crippen MR) is 135 cm³/mol. The Labute approximate surface area is 212 Å². The van der Waals surface area contributed by atoms with Crippen LogP contribution >= 0.6 is 0 Å². The molecule has 1 aliphatic rings. The molecule has 1 aliphatic heterocycles. The maximum atomic E-state index is 13.9. The van der Waals surface area contributed by atoms with E-state index >= 15 is 0 Å². The molecule has 8 nitrogen and oxygen atoms in total. The van der Waals surface area contributed by atoms with Gasteiger partial charge in [-0.3, -0.25) is 19.6 Å². The zero-order valence-electron chi connectivity index (χ0n) is 20.7. The molecule has 0 saturated carbocycles. The number of aromatic nitrogens is 2. The maximum Gasteiger partial charge on any atom is 0.416 e. The van der Waals surface area contributed by atoms with Crippen LogP contribution in [-0.2, 0) is 12.7 Å². The third-order valence-electron chi connectivity index (χ3n) is 6.47. The fourth-order valence-corrected chi connectivity index (χ4v) is 4.23. The Morgan fingerprint density at radius 1 is 0.973 bits per heavy atom. The van der Waals surface area contributed by atoms with E-state index in [0.717, 1.165) is 31.3 Å². The highest BCUT2D eigenvalue weighted by molar-refractivity contribution is 6.06. The van der Waals surface area contributed by atoms with Crippen molar-refractivity contribution in [1.29, 1.82) is 0 Å². The number of rotatable bonds is 7. The summed E-state index contributed by atoms with van der Waals surface area (Å²) in [4.78, 5) is 29.5. The average molecular weight is 515 g/mol. The molecule has 196 valence electrons. The topological polar surface area (TPSA) is 93.4 Å². The Kier molecular flexibility index (Phi) is 7.94. The molecule has 0 unspecified atom stereocenters. The second-order valence-electron chi connectivity index (χ2n) is 8.99. The molecule has 1 saturated heterocycles. The zero-order valence-corrected chi connectivity index (χ0v) is 20.7. The predicted octanol–water partition coefficient (Wildman–Crippen LogP) is 4.38. The number of anilines is 2. The Morgan fingerprint density at radius 2 is 1.70 bits per heavy atom. The molecule has 11 heteroatoms. The second kappa shape index (κ2) is 11.1. The maximum absolute atomic E-state index is 13.9. The zero-order chi connectivity index (χ0) is 26.6. The van der Waals surface area contributed by atoms with Crippen molar-refractivity contribution in [1.82, 2.24) is 20.0 Å². The number of likely N-dealkylation sites (N-methyl/N-ethyl adjacent to an activating group) is 1. The molecule has 2 heterocycles. The molecule has 0 atom stereocenters. The number of aryl methyl sites for hydroxylation is 1. The van der Waals surface area contributed by atoms with E-state index in [4.69, 9.17) is 0 Å². The van der Waals surface area contributed by atoms with E-state index in [1.165, 1.54) is 24.4 Å². The molecule has 2 aromatic carbocycles. The molecule has 4 rings (SSSR count). The van der Waals surface area contributed by atoms with Crippen molar-refractivity contribution in [3.8, 4) is 0 Å². The summed E-state index contributed by atoms with van der Waals surface area (Å²) in [6.45, 7) is 7.97. The Balaban J connectivity index is 1.49. The highest BCUT2D eigenvalue weighted by atomic mass is 19.4. The summed E-state index contributed by atoms with van der Waals surface area (Å²) in [7, 11) is 0. The van der Waals surface area contributed by atoms with Gasteiger partial charge in [-0.1, -0.05) is 19.1 Å². The van der Waals surface area contributed by atoms with Gasteiger partial charge in [-0.15, -0.1) is 0 Å². The van der Waals surface area contributed by atoms with E-state index < -0.39 is 23.6 Å². The monoisotopic (exact) mass is 514 g/mol. The largest absolute Gasteiger partial charge is 0.416 e. The molecule has 0 radical (unpaired) electrons. The first-order valence-electron chi connectivity index (χ1n) is 12.0. The number of hydrogen-bond acceptors (Lipinski definition) is 5. The molecule has 3 aromatic rings. The number of hydrogen-bond donors (Lipinski definition) is 3. The molecule has 0 spiro atoms. The highest BCUT2D eigenvalue weighted by Crippen LogP contribution is 2.34. The Hall–Kier alpha value is -3.70. The molecular weight excluding hydrogens is 485 g/mol. The number of piperazine rings is 1. The van der Waals surface area contributed by atoms with Gasteiger partial charge in [-0.05, 0) is 54.9 Å². The van der Waals surface area contributed by atoms with Gasteiger partial charge in [0.2, 0.25) is 0 Å². The van der Waals surface area contributed by atoms with Gasteiger partial charge in [0.25, 0.3) is 11.8 Å². The number of alkyl halides is 3. The van der Waals surface area contributed by atoms with Crippen LogP contribution < -0.4 is 10.6 Å². The van der Waals surface area contributed by atoms with Crippen LogP contribution in [0.5, 0.6) is 0 Å². The standard InChI is InChI=1S/C26H29F3N6O2/c1-3-34-10-12-35(13-11-34)16-19-6-5-18(14-21(19)26(27,28)29)24(36)31-20-7-4-17(2)23(15-20)32-25(37)22-8-9-30-33-22/h4-9,14-15H,3,10-13,16H2,1-2H3,(H,30,33)(H,31,36)(H,32,37). The van der Waals surface area contributed by atoms with Crippen molar-refractivity contribution in [3.63, 3.8) is 0 Å². The summed E-state index contributed by atoms with van der Waals surface area (Å²) in [5.74, 6) is -1.09. The van der Waals surface area contributed by atoms with Crippen LogP contribution in [0, 0.1) is 6.92 Å². The van der Waals surface area contributed by atoms with E-state index in [-0.39, 0.29) is 23.4 Å². The van der Waals surface area contributed by atoms with Crippen LogP contribution in [0.25, 0.3) is 0 Å². The summed E-state index contributed by atoms with van der Waals surface area (Å²) in [5, 5.41) is 11.7. The van der Waals surface area contributed by atoms with Gasteiger partial charge in [0, 0.05) is 55.9 Å². The number of nitrogens with zero attached hydrogens (tertiary/aromatic N) is 3. The number of nitrogens with one attached hydrogen (secondary N) is 3. The Morgan fingerprint density at radius 3 is 2.35 bits per heavy atom. The number of carbonyl (C=O) groups is 2. The molecule has 1 aromatic heterocycles. The first kappa shape index (κ1) is 26.4. The van der Waals surface area contributed by atoms with E-state index in [1.54, 1.807) is 25.1 Å². The normalized spacial score (nSPS) is 14.9. The van der Waals surface area contributed by atoms with Crippen LogP contribution in [0.2, 0.25) is 0 Å². The highest BCUT2D eigenvalue weighted by Gasteiger charge is 2.34. The summed E-state index contributed by atoms with van der Waals surface area (Å²) >= 11 is 0. The van der Waals surface area contributed by atoms with Crippen molar-refractivity contribution in [2.75, 3.05) is 43.4 Å². The minimum atomic E-state index is -4.59.